The number of carbonyl (C=O) groups excluding carboxylic acids is 2. The average molecular weight is 384 g/mol. The van der Waals surface area contributed by atoms with Crippen molar-refractivity contribution in [1.29, 1.82) is 0 Å². The van der Waals surface area contributed by atoms with Gasteiger partial charge in [0.15, 0.2) is 5.76 Å². The van der Waals surface area contributed by atoms with Crippen molar-refractivity contribution >= 4 is 17.8 Å². The first kappa shape index (κ1) is 18.7. The SMILES string of the molecule is Cc1cccc(/C=C2\Oc3cc(OC(=O)Cc4ccccc4)cc(C)c3C2=O)c1. The summed E-state index contributed by atoms with van der Waals surface area (Å²) in [6.45, 7) is 3.80. The molecule has 0 saturated carbocycles. The molecule has 0 radical (unpaired) electrons. The molecule has 0 unspecified atom stereocenters. The summed E-state index contributed by atoms with van der Waals surface area (Å²) in [6, 6.07) is 20.5. The maximum Gasteiger partial charge on any atom is 0.315 e. The standard InChI is InChI=1S/C25H20O4/c1-16-7-6-10-19(11-16)13-22-25(27)24-17(2)12-20(15-21(24)29-22)28-23(26)14-18-8-4-3-5-9-18/h3-13,15H,14H2,1-2H3/b22-13-. The third kappa shape index (κ3) is 4.11. The monoisotopic (exact) mass is 384 g/mol. The number of allylic oxidation sites excluding steroid dienone is 1. The molecule has 0 atom stereocenters. The fraction of sp³-hybridized carbons (Fsp3) is 0.120. The minimum atomic E-state index is -0.365. The van der Waals surface area contributed by atoms with Gasteiger partial charge in [-0.1, -0.05) is 60.2 Å². The van der Waals surface area contributed by atoms with Crippen molar-refractivity contribution in [2.24, 2.45) is 0 Å². The van der Waals surface area contributed by atoms with Crippen LogP contribution in [0.5, 0.6) is 11.5 Å². The molecule has 1 heterocycles. The van der Waals surface area contributed by atoms with Gasteiger partial charge in [-0.15, -0.1) is 0 Å². The second-order valence-corrected chi connectivity index (χ2v) is 7.10. The average Bonchev–Trinajstić information content (AvgIpc) is 2.98. The van der Waals surface area contributed by atoms with Crippen LogP contribution in [-0.4, -0.2) is 11.8 Å². The lowest BCUT2D eigenvalue weighted by Gasteiger charge is -2.08. The number of Topliss-reactive ketones (excluding diaryl/α,β-unsaturated/α-hetero) is 1. The number of rotatable bonds is 4. The van der Waals surface area contributed by atoms with Gasteiger partial charge in [0.25, 0.3) is 0 Å². The van der Waals surface area contributed by atoms with Crippen LogP contribution in [-0.2, 0) is 11.2 Å². The summed E-state index contributed by atoms with van der Waals surface area (Å²) in [5.41, 5.74) is 4.10. The Morgan fingerprint density at radius 2 is 1.79 bits per heavy atom. The number of hydrogen-bond acceptors (Lipinski definition) is 4. The Labute approximate surface area is 169 Å². The summed E-state index contributed by atoms with van der Waals surface area (Å²) < 4.78 is 11.3. The van der Waals surface area contributed by atoms with Gasteiger partial charge in [-0.2, -0.15) is 0 Å². The van der Waals surface area contributed by atoms with Gasteiger partial charge in [0.05, 0.1) is 12.0 Å². The number of esters is 1. The first-order valence-electron chi connectivity index (χ1n) is 9.40. The van der Waals surface area contributed by atoms with E-state index in [-0.39, 0.29) is 23.9 Å². The Bertz CT molecular complexity index is 1130. The van der Waals surface area contributed by atoms with E-state index in [9.17, 15) is 9.59 Å². The number of ether oxygens (including phenoxy) is 2. The zero-order chi connectivity index (χ0) is 20.4. The van der Waals surface area contributed by atoms with Crippen molar-refractivity contribution in [2.45, 2.75) is 20.3 Å². The highest BCUT2D eigenvalue weighted by Crippen LogP contribution is 2.37. The molecule has 0 N–H and O–H groups in total. The molecule has 4 rings (SSSR count). The molecule has 0 bridgehead atoms. The molecule has 3 aromatic rings. The van der Waals surface area contributed by atoms with Crippen LogP contribution in [0.3, 0.4) is 0 Å². The Hall–Kier alpha value is -3.66. The van der Waals surface area contributed by atoms with Gasteiger partial charge < -0.3 is 9.47 Å². The van der Waals surface area contributed by atoms with Gasteiger partial charge in [-0.3, -0.25) is 9.59 Å². The Morgan fingerprint density at radius 3 is 2.55 bits per heavy atom. The predicted octanol–water partition coefficient (Wildman–Crippen LogP) is 5.07. The largest absolute Gasteiger partial charge is 0.452 e. The number of hydrogen-bond donors (Lipinski definition) is 0. The lowest BCUT2D eigenvalue weighted by atomic mass is 10.0. The van der Waals surface area contributed by atoms with E-state index in [2.05, 4.69) is 0 Å². The van der Waals surface area contributed by atoms with E-state index in [4.69, 9.17) is 9.47 Å². The third-order valence-electron chi connectivity index (χ3n) is 4.71. The number of benzene rings is 3. The van der Waals surface area contributed by atoms with Crippen molar-refractivity contribution in [3.8, 4) is 11.5 Å². The van der Waals surface area contributed by atoms with Crippen LogP contribution in [0.4, 0.5) is 0 Å². The highest BCUT2D eigenvalue weighted by atomic mass is 16.5. The van der Waals surface area contributed by atoms with Crippen LogP contribution in [0.15, 0.2) is 72.5 Å². The van der Waals surface area contributed by atoms with E-state index in [1.165, 1.54) is 0 Å². The predicted molar refractivity (Wildman–Crippen MR) is 111 cm³/mol. The molecular formula is C25H20O4. The van der Waals surface area contributed by atoms with E-state index in [1.807, 2.05) is 68.4 Å². The number of carbonyl (C=O) groups is 2. The van der Waals surface area contributed by atoms with Crippen molar-refractivity contribution in [1.82, 2.24) is 0 Å². The summed E-state index contributed by atoms with van der Waals surface area (Å²) >= 11 is 0. The van der Waals surface area contributed by atoms with Crippen molar-refractivity contribution in [3.63, 3.8) is 0 Å². The molecule has 1 aliphatic rings. The van der Waals surface area contributed by atoms with Crippen molar-refractivity contribution in [2.75, 3.05) is 0 Å². The summed E-state index contributed by atoms with van der Waals surface area (Å²) in [6.07, 6.45) is 1.91. The van der Waals surface area contributed by atoms with Gasteiger partial charge in [-0.05, 0) is 42.7 Å². The molecule has 0 spiro atoms. The Morgan fingerprint density at radius 1 is 1.00 bits per heavy atom. The lowest BCUT2D eigenvalue weighted by molar-refractivity contribution is -0.133. The first-order chi connectivity index (χ1) is 14.0. The van der Waals surface area contributed by atoms with Gasteiger partial charge in [0, 0.05) is 6.07 Å². The molecule has 3 aromatic carbocycles. The third-order valence-corrected chi connectivity index (χ3v) is 4.71. The Kier molecular flexibility index (Phi) is 5.00. The molecule has 0 amide bonds. The van der Waals surface area contributed by atoms with Crippen LogP contribution >= 0.6 is 0 Å². The van der Waals surface area contributed by atoms with Gasteiger partial charge in [0.2, 0.25) is 5.78 Å². The van der Waals surface area contributed by atoms with Crippen LogP contribution < -0.4 is 9.47 Å². The second-order valence-electron chi connectivity index (χ2n) is 7.10. The highest BCUT2D eigenvalue weighted by molar-refractivity contribution is 6.15. The first-order valence-corrected chi connectivity index (χ1v) is 9.40. The molecule has 144 valence electrons. The van der Waals surface area contributed by atoms with E-state index in [1.54, 1.807) is 18.2 Å². The zero-order valence-electron chi connectivity index (χ0n) is 16.3. The molecule has 1 aliphatic heterocycles. The molecule has 4 nitrogen and oxygen atoms in total. The minimum absolute atomic E-state index is 0.166. The van der Waals surface area contributed by atoms with E-state index in [0.29, 0.717) is 22.6 Å². The normalized spacial score (nSPS) is 13.9. The number of fused-ring (bicyclic) bond motifs is 1. The van der Waals surface area contributed by atoms with Crippen LogP contribution in [0.25, 0.3) is 6.08 Å². The maximum atomic E-state index is 12.8. The molecule has 29 heavy (non-hydrogen) atoms. The summed E-state index contributed by atoms with van der Waals surface area (Å²) in [5.74, 6) is 0.515. The van der Waals surface area contributed by atoms with Crippen LogP contribution in [0.1, 0.15) is 32.6 Å². The molecule has 0 aromatic heterocycles. The lowest BCUT2D eigenvalue weighted by Crippen LogP contribution is -2.11. The molecule has 0 saturated heterocycles. The molecular weight excluding hydrogens is 364 g/mol. The van der Waals surface area contributed by atoms with E-state index >= 15 is 0 Å². The minimum Gasteiger partial charge on any atom is -0.452 e. The summed E-state index contributed by atoms with van der Waals surface area (Å²) in [4.78, 5) is 25.0. The van der Waals surface area contributed by atoms with Crippen LogP contribution in [0.2, 0.25) is 0 Å². The zero-order valence-corrected chi connectivity index (χ0v) is 16.3. The highest BCUT2D eigenvalue weighted by Gasteiger charge is 2.30. The fourth-order valence-corrected chi connectivity index (χ4v) is 3.38. The number of aryl methyl sites for hydroxylation is 2. The van der Waals surface area contributed by atoms with Gasteiger partial charge >= 0.3 is 5.97 Å². The fourth-order valence-electron chi connectivity index (χ4n) is 3.38. The summed E-state index contributed by atoms with van der Waals surface area (Å²) in [5, 5.41) is 0. The van der Waals surface area contributed by atoms with E-state index in [0.717, 1.165) is 16.7 Å². The number of ketones is 1. The summed E-state index contributed by atoms with van der Waals surface area (Å²) in [7, 11) is 0. The van der Waals surface area contributed by atoms with Gasteiger partial charge in [0.1, 0.15) is 11.5 Å². The van der Waals surface area contributed by atoms with Gasteiger partial charge in [-0.25, -0.2) is 0 Å². The molecule has 4 heteroatoms. The maximum absolute atomic E-state index is 12.8. The van der Waals surface area contributed by atoms with Crippen molar-refractivity contribution in [3.05, 3.63) is 100 Å². The van der Waals surface area contributed by atoms with Crippen LogP contribution in [0, 0.1) is 13.8 Å². The molecule has 0 aliphatic carbocycles. The quantitative estimate of drug-likeness (QED) is 0.358. The topological polar surface area (TPSA) is 52.6 Å². The Balaban J connectivity index is 1.55. The second kappa shape index (κ2) is 7.76. The van der Waals surface area contributed by atoms with E-state index < -0.39 is 0 Å². The van der Waals surface area contributed by atoms with Crippen molar-refractivity contribution < 1.29 is 19.1 Å². The molecule has 0 fully saturated rings. The smallest absolute Gasteiger partial charge is 0.315 e.